The lowest BCUT2D eigenvalue weighted by Crippen LogP contribution is -2.46. The molecular formula is C20H20N6O4S. The molecule has 3 aromatic heterocycles. The maximum Gasteiger partial charge on any atom is 0.274 e. The smallest absolute Gasteiger partial charge is 0.274 e. The van der Waals surface area contributed by atoms with Gasteiger partial charge in [0.1, 0.15) is 16.7 Å². The van der Waals surface area contributed by atoms with E-state index in [0.717, 1.165) is 0 Å². The average molecular weight is 440 g/mol. The van der Waals surface area contributed by atoms with Crippen molar-refractivity contribution < 1.29 is 17.9 Å². The number of likely N-dealkylation sites (tertiary alicyclic amines) is 1. The summed E-state index contributed by atoms with van der Waals surface area (Å²) in [5.74, 6) is -0.221. The van der Waals surface area contributed by atoms with Crippen LogP contribution in [0.25, 0.3) is 0 Å². The highest BCUT2D eigenvalue weighted by molar-refractivity contribution is 7.89. The second kappa shape index (κ2) is 7.43. The first-order valence-corrected chi connectivity index (χ1v) is 11.2. The van der Waals surface area contributed by atoms with E-state index in [4.69, 9.17) is 4.74 Å². The van der Waals surface area contributed by atoms with Gasteiger partial charge in [0, 0.05) is 32.2 Å². The number of carbonyl (C=O) groups excluding carboxylic acids is 1. The van der Waals surface area contributed by atoms with E-state index in [1.165, 1.54) is 16.6 Å². The highest BCUT2D eigenvalue weighted by atomic mass is 32.2. The number of ether oxygens (including phenoxy) is 1. The molecule has 0 aliphatic carbocycles. The molecule has 1 amide bonds. The third-order valence-corrected chi connectivity index (χ3v) is 7.34. The van der Waals surface area contributed by atoms with Gasteiger partial charge in [0.25, 0.3) is 5.91 Å². The molecule has 0 radical (unpaired) electrons. The van der Waals surface area contributed by atoms with Crippen molar-refractivity contribution in [2.45, 2.75) is 23.6 Å². The van der Waals surface area contributed by atoms with E-state index in [1.54, 1.807) is 53.3 Å². The van der Waals surface area contributed by atoms with Crippen LogP contribution in [0, 0.1) is 0 Å². The van der Waals surface area contributed by atoms with Gasteiger partial charge in [-0.3, -0.25) is 14.5 Å². The summed E-state index contributed by atoms with van der Waals surface area (Å²) in [5.41, 5.74) is 0.906. The van der Waals surface area contributed by atoms with Crippen molar-refractivity contribution in [3.05, 3.63) is 66.4 Å². The van der Waals surface area contributed by atoms with Crippen molar-refractivity contribution >= 4 is 15.9 Å². The number of hydrogen-bond acceptors (Lipinski definition) is 7. The molecule has 5 heterocycles. The molecule has 0 unspecified atom stereocenters. The van der Waals surface area contributed by atoms with Gasteiger partial charge in [0.2, 0.25) is 15.9 Å². The highest BCUT2D eigenvalue weighted by Gasteiger charge is 2.49. The molecule has 2 aliphatic rings. The van der Waals surface area contributed by atoms with Crippen LogP contribution in [-0.2, 0) is 23.6 Å². The quantitative estimate of drug-likeness (QED) is 0.589. The summed E-state index contributed by atoms with van der Waals surface area (Å²) in [5, 5.41) is 4.17. The zero-order chi connectivity index (χ0) is 21.6. The lowest BCUT2D eigenvalue weighted by Gasteiger charge is -2.27. The van der Waals surface area contributed by atoms with Crippen LogP contribution in [0.3, 0.4) is 0 Å². The monoisotopic (exact) mass is 440 g/mol. The van der Waals surface area contributed by atoms with Crippen LogP contribution in [0.5, 0.6) is 5.88 Å². The molecule has 31 heavy (non-hydrogen) atoms. The molecule has 5 rings (SSSR count). The van der Waals surface area contributed by atoms with E-state index < -0.39 is 22.2 Å². The van der Waals surface area contributed by atoms with E-state index in [9.17, 15) is 13.2 Å². The van der Waals surface area contributed by atoms with Gasteiger partial charge >= 0.3 is 0 Å². The van der Waals surface area contributed by atoms with Crippen LogP contribution in [0.1, 0.15) is 16.2 Å². The Bertz CT molecular complexity index is 1230. The minimum absolute atomic E-state index is 0.0166. The topological polar surface area (TPSA) is 111 Å². The molecule has 0 aromatic carbocycles. The molecular weight excluding hydrogens is 420 g/mol. The zero-order valence-corrected chi connectivity index (χ0v) is 17.5. The summed E-state index contributed by atoms with van der Waals surface area (Å²) in [7, 11) is -2.20. The second-order valence-electron chi connectivity index (χ2n) is 7.49. The molecule has 0 N–H and O–H groups in total. The summed E-state index contributed by atoms with van der Waals surface area (Å²) in [6.45, 7) is 0.470. The largest absolute Gasteiger partial charge is 0.470 e. The Morgan fingerprint density at radius 2 is 1.97 bits per heavy atom. The first-order chi connectivity index (χ1) is 14.9. The molecule has 0 bridgehead atoms. The van der Waals surface area contributed by atoms with Gasteiger partial charge in [-0.25, -0.2) is 13.4 Å². The lowest BCUT2D eigenvalue weighted by atomic mass is 10.2. The van der Waals surface area contributed by atoms with Gasteiger partial charge in [-0.15, -0.1) is 0 Å². The predicted octanol–water partition coefficient (Wildman–Crippen LogP) is 0.687. The Labute approximate surface area is 179 Å². The van der Waals surface area contributed by atoms with Gasteiger partial charge < -0.3 is 9.64 Å². The first-order valence-electron chi connectivity index (χ1n) is 9.76. The molecule has 10 nitrogen and oxygen atoms in total. The molecule has 2 aliphatic heterocycles. The molecule has 0 saturated carbocycles. The molecule has 160 valence electrons. The van der Waals surface area contributed by atoms with Crippen molar-refractivity contribution in [2.24, 2.45) is 7.05 Å². The summed E-state index contributed by atoms with van der Waals surface area (Å²) in [4.78, 5) is 23.0. The molecule has 0 spiro atoms. The van der Waals surface area contributed by atoms with E-state index in [0.29, 0.717) is 11.4 Å². The van der Waals surface area contributed by atoms with Crippen LogP contribution in [0.15, 0.2) is 59.9 Å². The summed E-state index contributed by atoms with van der Waals surface area (Å²) in [6, 6.07) is 9.45. The fourth-order valence-electron chi connectivity index (χ4n) is 3.97. The number of aryl methyl sites for hydroxylation is 1. The first kappa shape index (κ1) is 19.6. The number of rotatable bonds is 3. The maximum atomic E-state index is 13.6. The number of hydrogen-bond donors (Lipinski definition) is 0. The third kappa shape index (κ3) is 3.45. The lowest BCUT2D eigenvalue weighted by molar-refractivity contribution is 0.0763. The van der Waals surface area contributed by atoms with Crippen molar-refractivity contribution in [1.29, 1.82) is 0 Å². The second-order valence-corrected chi connectivity index (χ2v) is 9.35. The summed E-state index contributed by atoms with van der Waals surface area (Å²) >= 11 is 0. The standard InChI is InChI=1S/C20H20N6O4S/c1-24-10-7-15(23-24)20(27)25-12-16-17(13-25)30-19-18(6-4-9-22-19)31(28,29)26(16)11-14-5-2-3-8-21-14/h2-10,16-17H,11-13H2,1H3/t16-,17-/m0/s1. The number of amides is 1. The number of carbonyl (C=O) groups is 1. The van der Waals surface area contributed by atoms with Gasteiger partial charge in [-0.1, -0.05) is 6.07 Å². The Morgan fingerprint density at radius 1 is 1.13 bits per heavy atom. The van der Waals surface area contributed by atoms with Gasteiger partial charge in [-0.05, 0) is 30.3 Å². The number of aromatic nitrogens is 4. The molecule has 1 saturated heterocycles. The fraction of sp³-hybridized carbons (Fsp3) is 0.300. The van der Waals surface area contributed by atoms with E-state index in [2.05, 4.69) is 15.1 Å². The molecule has 11 heteroatoms. The van der Waals surface area contributed by atoms with Gasteiger partial charge in [-0.2, -0.15) is 9.40 Å². The minimum atomic E-state index is -3.93. The number of pyridine rings is 2. The van der Waals surface area contributed by atoms with Gasteiger partial charge in [0.05, 0.1) is 24.8 Å². The van der Waals surface area contributed by atoms with Crippen LogP contribution in [0.2, 0.25) is 0 Å². The third-order valence-electron chi connectivity index (χ3n) is 5.46. The van der Waals surface area contributed by atoms with Crippen molar-refractivity contribution in [3.63, 3.8) is 0 Å². The van der Waals surface area contributed by atoms with E-state index in [1.807, 2.05) is 6.07 Å². The predicted molar refractivity (Wildman–Crippen MR) is 109 cm³/mol. The van der Waals surface area contributed by atoms with Gasteiger partial charge in [0.15, 0.2) is 0 Å². The number of fused-ring (bicyclic) bond motifs is 2. The Balaban J connectivity index is 1.53. The van der Waals surface area contributed by atoms with Crippen LogP contribution in [-0.4, -0.2) is 68.5 Å². The average Bonchev–Trinajstić information content (AvgIpc) is 3.37. The molecule has 2 atom stereocenters. The van der Waals surface area contributed by atoms with Crippen molar-refractivity contribution in [2.75, 3.05) is 13.1 Å². The van der Waals surface area contributed by atoms with E-state index >= 15 is 0 Å². The number of sulfonamides is 1. The Hall–Kier alpha value is -3.31. The fourth-order valence-corrected chi connectivity index (χ4v) is 5.65. The van der Waals surface area contributed by atoms with Crippen molar-refractivity contribution in [3.8, 4) is 5.88 Å². The summed E-state index contributed by atoms with van der Waals surface area (Å²) < 4.78 is 36.1. The molecule has 3 aromatic rings. The summed E-state index contributed by atoms with van der Waals surface area (Å²) in [6.07, 6.45) is 4.23. The molecule has 1 fully saturated rings. The van der Waals surface area contributed by atoms with Crippen molar-refractivity contribution in [1.82, 2.24) is 29.0 Å². The Morgan fingerprint density at radius 3 is 2.71 bits per heavy atom. The van der Waals surface area contributed by atoms with Crippen LogP contribution >= 0.6 is 0 Å². The number of nitrogens with zero attached hydrogens (tertiary/aromatic N) is 6. The highest BCUT2D eigenvalue weighted by Crippen LogP contribution is 2.35. The minimum Gasteiger partial charge on any atom is -0.470 e. The maximum absolute atomic E-state index is 13.6. The van der Waals surface area contributed by atoms with Crippen LogP contribution in [0.4, 0.5) is 0 Å². The van der Waals surface area contributed by atoms with E-state index in [-0.39, 0.29) is 36.3 Å². The van der Waals surface area contributed by atoms with Crippen LogP contribution < -0.4 is 4.74 Å². The normalized spacial score (nSPS) is 22.3. The zero-order valence-electron chi connectivity index (χ0n) is 16.7. The SMILES string of the molecule is Cn1ccc(C(=O)N2C[C@@H]3Oc4ncccc4S(=O)(=O)N(Cc4ccccn4)[C@H]3C2)n1. The Kier molecular flexibility index (Phi) is 4.71.